The molecule has 0 spiro atoms. The average Bonchev–Trinajstić information content (AvgIpc) is 3.46. The number of hydrogen-bond acceptors (Lipinski definition) is 5. The van der Waals surface area contributed by atoms with Gasteiger partial charge in [-0.1, -0.05) is 30.3 Å². The van der Waals surface area contributed by atoms with Crippen LogP contribution < -0.4 is 4.72 Å². The number of nitrogens with one attached hydrogen (secondary N) is 1. The zero-order valence-electron chi connectivity index (χ0n) is 16.1. The highest BCUT2D eigenvalue weighted by Gasteiger charge is 2.52. The van der Waals surface area contributed by atoms with Gasteiger partial charge in [0.05, 0.1) is 28.8 Å². The van der Waals surface area contributed by atoms with E-state index in [2.05, 4.69) is 9.82 Å². The van der Waals surface area contributed by atoms with Gasteiger partial charge in [0.2, 0.25) is 0 Å². The number of aryl methyl sites for hydroxylation is 1. The molecule has 0 unspecified atom stereocenters. The summed E-state index contributed by atoms with van der Waals surface area (Å²) >= 11 is 0. The second-order valence-electron chi connectivity index (χ2n) is 7.12. The van der Waals surface area contributed by atoms with E-state index in [9.17, 15) is 13.2 Å². The number of anilines is 1. The van der Waals surface area contributed by atoms with Crippen LogP contribution in [0.1, 0.15) is 24.1 Å². The molecule has 1 aliphatic carbocycles. The fraction of sp³-hybridized carbons (Fsp3) is 0.238. The molecule has 0 radical (unpaired) electrons. The van der Waals surface area contributed by atoms with Crippen LogP contribution in [0.3, 0.4) is 0 Å². The lowest BCUT2D eigenvalue weighted by Crippen LogP contribution is -2.22. The minimum Gasteiger partial charge on any atom is -0.468 e. The number of hydrogen-bond donors (Lipinski definition) is 1. The Hall–Kier alpha value is -3.13. The van der Waals surface area contributed by atoms with Gasteiger partial charge >= 0.3 is 5.97 Å². The molecule has 1 heterocycles. The normalized spacial score (nSPS) is 15.0. The maximum Gasteiger partial charge on any atom is 0.316 e. The van der Waals surface area contributed by atoms with Crippen molar-refractivity contribution in [1.82, 2.24) is 9.78 Å². The van der Waals surface area contributed by atoms with Crippen molar-refractivity contribution in [3.05, 3.63) is 71.9 Å². The van der Waals surface area contributed by atoms with Gasteiger partial charge in [-0.2, -0.15) is 5.10 Å². The third-order valence-electron chi connectivity index (χ3n) is 5.11. The number of ether oxygens (including phenoxy) is 1. The number of para-hydroxylation sites is 1. The van der Waals surface area contributed by atoms with Gasteiger partial charge in [-0.05, 0) is 49.6 Å². The van der Waals surface area contributed by atoms with Crippen LogP contribution in [0.4, 0.5) is 5.82 Å². The van der Waals surface area contributed by atoms with Crippen molar-refractivity contribution in [3.63, 3.8) is 0 Å². The van der Waals surface area contributed by atoms with E-state index in [1.165, 1.54) is 19.2 Å². The Balaban J connectivity index is 1.62. The van der Waals surface area contributed by atoms with Crippen LogP contribution >= 0.6 is 0 Å². The number of carbonyl (C=O) groups excluding carboxylic acids is 1. The van der Waals surface area contributed by atoms with Gasteiger partial charge < -0.3 is 4.74 Å². The van der Waals surface area contributed by atoms with Gasteiger partial charge in [-0.15, -0.1) is 0 Å². The minimum atomic E-state index is -3.83. The third kappa shape index (κ3) is 3.51. The molecule has 1 N–H and O–H groups in total. The van der Waals surface area contributed by atoms with Crippen molar-refractivity contribution < 1.29 is 17.9 Å². The lowest BCUT2D eigenvalue weighted by atomic mass is 9.96. The van der Waals surface area contributed by atoms with E-state index in [-0.39, 0.29) is 10.9 Å². The van der Waals surface area contributed by atoms with Crippen LogP contribution in [-0.2, 0) is 25.0 Å². The number of benzene rings is 2. The van der Waals surface area contributed by atoms with E-state index in [1.54, 1.807) is 29.8 Å². The molecule has 0 aliphatic heterocycles. The van der Waals surface area contributed by atoms with Gasteiger partial charge in [0.25, 0.3) is 10.0 Å². The summed E-state index contributed by atoms with van der Waals surface area (Å²) in [4.78, 5) is 12.1. The van der Waals surface area contributed by atoms with Gasteiger partial charge in [0, 0.05) is 6.07 Å². The Kier molecular flexibility index (Phi) is 4.66. The monoisotopic (exact) mass is 411 g/mol. The van der Waals surface area contributed by atoms with Crippen molar-refractivity contribution in [2.24, 2.45) is 0 Å². The third-order valence-corrected chi connectivity index (χ3v) is 6.49. The summed E-state index contributed by atoms with van der Waals surface area (Å²) in [6.45, 7) is 1.80. The lowest BCUT2D eigenvalue weighted by Gasteiger charge is -2.14. The molecule has 29 heavy (non-hydrogen) atoms. The Morgan fingerprint density at radius 2 is 1.76 bits per heavy atom. The topological polar surface area (TPSA) is 90.3 Å². The lowest BCUT2D eigenvalue weighted by molar-refractivity contribution is -0.143. The summed E-state index contributed by atoms with van der Waals surface area (Å²) in [5.74, 6) is 0.0690. The van der Waals surface area contributed by atoms with E-state index in [1.807, 2.05) is 30.3 Å². The zero-order chi connectivity index (χ0) is 20.6. The summed E-state index contributed by atoms with van der Waals surface area (Å²) in [6.07, 6.45) is 1.42. The maximum absolute atomic E-state index is 12.9. The maximum atomic E-state index is 12.9. The van der Waals surface area contributed by atoms with Crippen molar-refractivity contribution in [2.75, 3.05) is 11.8 Å². The number of rotatable bonds is 6. The second kappa shape index (κ2) is 7.04. The van der Waals surface area contributed by atoms with Crippen LogP contribution in [0, 0.1) is 6.92 Å². The second-order valence-corrected chi connectivity index (χ2v) is 8.80. The number of carbonyl (C=O) groups is 1. The van der Waals surface area contributed by atoms with E-state index < -0.39 is 15.4 Å². The van der Waals surface area contributed by atoms with Crippen LogP contribution in [-0.4, -0.2) is 31.3 Å². The quantitative estimate of drug-likeness (QED) is 0.629. The molecule has 3 aromatic rings. The molecule has 4 rings (SSSR count). The Morgan fingerprint density at radius 3 is 2.34 bits per heavy atom. The molecule has 2 aromatic carbocycles. The summed E-state index contributed by atoms with van der Waals surface area (Å²) in [7, 11) is -2.46. The number of nitrogens with zero attached hydrogens (tertiary/aromatic N) is 2. The standard InChI is InChI=1S/C21H21N3O4S/c1-15-14-19(24(22-15)17-6-4-3-5-7-17)23-29(26,27)18-10-8-16(9-11-18)21(12-13-21)20(25)28-2/h3-11,14,23H,12-13H2,1-2H3. The van der Waals surface area contributed by atoms with Crippen LogP contribution in [0.15, 0.2) is 65.6 Å². The van der Waals surface area contributed by atoms with E-state index in [0.717, 1.165) is 11.3 Å². The van der Waals surface area contributed by atoms with Crippen molar-refractivity contribution in [1.29, 1.82) is 0 Å². The summed E-state index contributed by atoms with van der Waals surface area (Å²) < 4.78 is 34.9. The predicted octanol–water partition coefficient (Wildman–Crippen LogP) is 3.19. The summed E-state index contributed by atoms with van der Waals surface area (Å²) in [5.41, 5.74) is 1.58. The van der Waals surface area contributed by atoms with Gasteiger partial charge in [-0.25, -0.2) is 13.1 Å². The highest BCUT2D eigenvalue weighted by Crippen LogP contribution is 2.49. The predicted molar refractivity (Wildman–Crippen MR) is 108 cm³/mol. The first-order valence-electron chi connectivity index (χ1n) is 9.20. The minimum absolute atomic E-state index is 0.111. The fourth-order valence-electron chi connectivity index (χ4n) is 3.42. The fourth-order valence-corrected chi connectivity index (χ4v) is 4.45. The van der Waals surface area contributed by atoms with Gasteiger partial charge in [0.1, 0.15) is 5.82 Å². The number of sulfonamides is 1. The van der Waals surface area contributed by atoms with Crippen LogP contribution in [0.25, 0.3) is 5.69 Å². The first-order valence-corrected chi connectivity index (χ1v) is 10.7. The molecule has 0 bridgehead atoms. The largest absolute Gasteiger partial charge is 0.468 e. The number of aromatic nitrogens is 2. The molecular weight excluding hydrogens is 390 g/mol. The van der Waals surface area contributed by atoms with Crippen molar-refractivity contribution in [2.45, 2.75) is 30.1 Å². The van der Waals surface area contributed by atoms with E-state index in [0.29, 0.717) is 24.4 Å². The summed E-state index contributed by atoms with van der Waals surface area (Å²) in [5, 5.41) is 4.38. The molecule has 1 fully saturated rings. The highest BCUT2D eigenvalue weighted by atomic mass is 32.2. The molecule has 1 aromatic heterocycles. The first-order chi connectivity index (χ1) is 13.9. The smallest absolute Gasteiger partial charge is 0.316 e. The number of methoxy groups -OCH3 is 1. The molecule has 150 valence electrons. The molecule has 8 heteroatoms. The van der Waals surface area contributed by atoms with E-state index >= 15 is 0 Å². The van der Waals surface area contributed by atoms with Gasteiger partial charge in [-0.3, -0.25) is 9.52 Å². The average molecular weight is 411 g/mol. The van der Waals surface area contributed by atoms with Crippen molar-refractivity contribution >= 4 is 21.8 Å². The van der Waals surface area contributed by atoms with Gasteiger partial charge in [0.15, 0.2) is 0 Å². The Labute approximate surface area is 169 Å². The zero-order valence-corrected chi connectivity index (χ0v) is 16.9. The molecule has 1 saturated carbocycles. The molecule has 1 aliphatic rings. The Bertz CT molecular complexity index is 1150. The molecule has 0 amide bonds. The Morgan fingerprint density at radius 1 is 1.10 bits per heavy atom. The molecular formula is C21H21N3O4S. The van der Waals surface area contributed by atoms with Crippen molar-refractivity contribution in [3.8, 4) is 5.69 Å². The molecule has 7 nitrogen and oxygen atoms in total. The first kappa shape index (κ1) is 19.2. The number of esters is 1. The highest BCUT2D eigenvalue weighted by molar-refractivity contribution is 7.92. The molecule has 0 saturated heterocycles. The SMILES string of the molecule is COC(=O)C1(c2ccc(S(=O)(=O)Nc3cc(C)nn3-c3ccccc3)cc2)CC1. The molecule has 0 atom stereocenters. The van der Waals surface area contributed by atoms with E-state index in [4.69, 9.17) is 4.74 Å². The summed E-state index contributed by atoms with van der Waals surface area (Å²) in [6, 6.07) is 17.4. The van der Waals surface area contributed by atoms with Crippen LogP contribution in [0.5, 0.6) is 0 Å². The van der Waals surface area contributed by atoms with Crippen LogP contribution in [0.2, 0.25) is 0 Å².